The molecule has 1 heterocycles. The summed E-state index contributed by atoms with van der Waals surface area (Å²) in [4.78, 5) is 0. The van der Waals surface area contributed by atoms with E-state index in [1.807, 2.05) is 0 Å². The van der Waals surface area contributed by atoms with E-state index in [1.54, 1.807) is 7.05 Å². The first-order valence-electron chi connectivity index (χ1n) is 4.64. The molecule has 0 unspecified atom stereocenters. The first-order valence-corrected chi connectivity index (χ1v) is 6.08. The number of morpholine rings is 1. The summed E-state index contributed by atoms with van der Waals surface area (Å²) in [5.74, 6) is 0. The largest absolute Gasteiger partial charge is 0.379 e. The van der Waals surface area contributed by atoms with Gasteiger partial charge in [0.1, 0.15) is 0 Å². The molecule has 0 radical (unpaired) electrons. The number of rotatable bonds is 5. The third kappa shape index (κ3) is 3.50. The molecule has 0 atom stereocenters. The van der Waals surface area contributed by atoms with Crippen LogP contribution in [0, 0.1) is 0 Å². The molecule has 0 spiro atoms. The summed E-state index contributed by atoms with van der Waals surface area (Å²) in [6.45, 7) is 2.88. The van der Waals surface area contributed by atoms with Gasteiger partial charge in [0.25, 0.3) is 10.2 Å². The highest BCUT2D eigenvalue weighted by atomic mass is 32.2. The van der Waals surface area contributed by atoms with Crippen LogP contribution in [0.15, 0.2) is 0 Å². The molecule has 1 aliphatic heterocycles. The Labute approximate surface area is 84.8 Å². The molecule has 0 aromatic rings. The van der Waals surface area contributed by atoms with Crippen molar-refractivity contribution in [1.29, 1.82) is 0 Å². The van der Waals surface area contributed by atoms with Crippen molar-refractivity contribution in [2.24, 2.45) is 0 Å². The highest BCUT2D eigenvalue weighted by molar-refractivity contribution is 7.87. The SMILES string of the molecule is CNCCNS(=O)(=O)N1CCOCC1. The van der Waals surface area contributed by atoms with E-state index in [4.69, 9.17) is 4.74 Å². The second-order valence-electron chi connectivity index (χ2n) is 3.01. The summed E-state index contributed by atoms with van der Waals surface area (Å²) in [5, 5.41) is 2.87. The maximum Gasteiger partial charge on any atom is 0.279 e. The Kier molecular flexibility index (Phi) is 4.76. The molecule has 0 amide bonds. The Morgan fingerprint density at radius 1 is 1.29 bits per heavy atom. The highest BCUT2D eigenvalue weighted by Gasteiger charge is 2.23. The molecule has 2 N–H and O–H groups in total. The fourth-order valence-electron chi connectivity index (χ4n) is 1.18. The Morgan fingerprint density at radius 2 is 1.93 bits per heavy atom. The van der Waals surface area contributed by atoms with Crippen LogP contribution in [-0.4, -0.2) is 59.2 Å². The molecule has 0 aromatic heterocycles. The number of hydrogen-bond donors (Lipinski definition) is 2. The summed E-state index contributed by atoms with van der Waals surface area (Å²) in [5.41, 5.74) is 0. The number of nitrogens with one attached hydrogen (secondary N) is 2. The minimum atomic E-state index is -3.29. The lowest BCUT2D eigenvalue weighted by Gasteiger charge is -2.26. The minimum Gasteiger partial charge on any atom is -0.379 e. The zero-order valence-corrected chi connectivity index (χ0v) is 9.14. The van der Waals surface area contributed by atoms with E-state index in [2.05, 4.69) is 10.0 Å². The Bertz CT molecular complexity index is 249. The van der Waals surface area contributed by atoms with Crippen molar-refractivity contribution < 1.29 is 13.2 Å². The molecule has 0 aromatic carbocycles. The maximum atomic E-state index is 11.6. The van der Waals surface area contributed by atoms with E-state index < -0.39 is 10.2 Å². The lowest BCUT2D eigenvalue weighted by atomic mass is 10.5. The van der Waals surface area contributed by atoms with Gasteiger partial charge in [-0.1, -0.05) is 0 Å². The molecule has 0 bridgehead atoms. The van der Waals surface area contributed by atoms with Crippen LogP contribution in [0.4, 0.5) is 0 Å². The summed E-state index contributed by atoms with van der Waals surface area (Å²) >= 11 is 0. The lowest BCUT2D eigenvalue weighted by Crippen LogP contribution is -2.47. The molecule has 1 fully saturated rings. The van der Waals surface area contributed by atoms with Crippen molar-refractivity contribution in [2.75, 3.05) is 46.4 Å². The lowest BCUT2D eigenvalue weighted by molar-refractivity contribution is 0.0725. The minimum absolute atomic E-state index is 0.413. The molecular weight excluding hydrogens is 206 g/mol. The molecule has 0 saturated carbocycles. The summed E-state index contributed by atoms with van der Waals surface area (Å²) < 4.78 is 32.2. The van der Waals surface area contributed by atoms with Crippen molar-refractivity contribution >= 4 is 10.2 Å². The third-order valence-corrected chi connectivity index (χ3v) is 3.58. The molecule has 7 heteroatoms. The van der Waals surface area contributed by atoms with Gasteiger partial charge >= 0.3 is 0 Å². The fourth-order valence-corrected chi connectivity index (χ4v) is 2.36. The maximum absolute atomic E-state index is 11.6. The van der Waals surface area contributed by atoms with Gasteiger partial charge < -0.3 is 10.1 Å². The smallest absolute Gasteiger partial charge is 0.279 e. The topological polar surface area (TPSA) is 70.7 Å². The average Bonchev–Trinajstić information content (AvgIpc) is 2.19. The fraction of sp³-hybridized carbons (Fsp3) is 1.00. The van der Waals surface area contributed by atoms with Gasteiger partial charge in [0.05, 0.1) is 13.2 Å². The second-order valence-corrected chi connectivity index (χ2v) is 4.77. The highest BCUT2D eigenvalue weighted by Crippen LogP contribution is 2.01. The summed E-state index contributed by atoms with van der Waals surface area (Å²) in [6.07, 6.45) is 0. The second kappa shape index (κ2) is 5.62. The van der Waals surface area contributed by atoms with Gasteiger partial charge in [-0.3, -0.25) is 0 Å². The van der Waals surface area contributed by atoms with Crippen LogP contribution in [0.5, 0.6) is 0 Å². The standard InChI is InChI=1S/C7H17N3O3S/c1-8-2-3-9-14(11,12)10-4-6-13-7-5-10/h8-9H,2-7H2,1H3. The predicted octanol–water partition coefficient (Wildman–Crippen LogP) is -1.63. The van der Waals surface area contributed by atoms with Crippen LogP contribution in [0.3, 0.4) is 0 Å². The number of ether oxygens (including phenoxy) is 1. The quantitative estimate of drug-likeness (QED) is 0.549. The Balaban J connectivity index is 2.38. The van der Waals surface area contributed by atoms with Crippen molar-refractivity contribution in [2.45, 2.75) is 0 Å². The molecule has 1 aliphatic rings. The van der Waals surface area contributed by atoms with Gasteiger partial charge in [-0.05, 0) is 7.05 Å². The molecule has 6 nitrogen and oxygen atoms in total. The van der Waals surface area contributed by atoms with Crippen LogP contribution >= 0.6 is 0 Å². The molecular formula is C7H17N3O3S. The van der Waals surface area contributed by atoms with Crippen LogP contribution in [0.25, 0.3) is 0 Å². The molecule has 1 saturated heterocycles. The molecule has 0 aliphatic carbocycles. The number of nitrogens with zero attached hydrogens (tertiary/aromatic N) is 1. The first-order chi connectivity index (χ1) is 6.67. The normalized spacial score (nSPS) is 19.8. The van der Waals surface area contributed by atoms with Crippen molar-refractivity contribution in [3.8, 4) is 0 Å². The average molecular weight is 223 g/mol. The van der Waals surface area contributed by atoms with Crippen molar-refractivity contribution in [3.05, 3.63) is 0 Å². The van der Waals surface area contributed by atoms with Crippen LogP contribution < -0.4 is 10.0 Å². The summed E-state index contributed by atoms with van der Waals surface area (Å²) in [7, 11) is -1.51. The van der Waals surface area contributed by atoms with E-state index >= 15 is 0 Å². The van der Waals surface area contributed by atoms with Gasteiger partial charge in [0.15, 0.2) is 0 Å². The van der Waals surface area contributed by atoms with Crippen molar-refractivity contribution in [3.63, 3.8) is 0 Å². The van der Waals surface area contributed by atoms with E-state index in [9.17, 15) is 8.42 Å². The predicted molar refractivity (Wildman–Crippen MR) is 53.2 cm³/mol. The Morgan fingerprint density at radius 3 is 2.50 bits per heavy atom. The molecule has 84 valence electrons. The third-order valence-electron chi connectivity index (χ3n) is 1.97. The van der Waals surface area contributed by atoms with Gasteiger partial charge in [-0.15, -0.1) is 0 Å². The van der Waals surface area contributed by atoms with E-state index in [0.717, 1.165) is 0 Å². The van der Waals surface area contributed by atoms with Crippen LogP contribution in [-0.2, 0) is 14.9 Å². The summed E-state index contributed by atoms with van der Waals surface area (Å²) in [6, 6.07) is 0. The molecule has 1 rings (SSSR count). The van der Waals surface area contributed by atoms with Crippen LogP contribution in [0.2, 0.25) is 0 Å². The van der Waals surface area contributed by atoms with Crippen LogP contribution in [0.1, 0.15) is 0 Å². The zero-order chi connectivity index (χ0) is 10.4. The van der Waals surface area contributed by atoms with Gasteiger partial charge in [-0.25, -0.2) is 4.72 Å². The number of hydrogen-bond acceptors (Lipinski definition) is 4. The van der Waals surface area contributed by atoms with Gasteiger partial charge in [0, 0.05) is 26.2 Å². The van der Waals surface area contributed by atoms with E-state index in [1.165, 1.54) is 4.31 Å². The Hall–Kier alpha value is -0.210. The monoisotopic (exact) mass is 223 g/mol. The molecule has 14 heavy (non-hydrogen) atoms. The van der Waals surface area contributed by atoms with E-state index in [-0.39, 0.29) is 0 Å². The zero-order valence-electron chi connectivity index (χ0n) is 8.32. The van der Waals surface area contributed by atoms with E-state index in [0.29, 0.717) is 39.4 Å². The van der Waals surface area contributed by atoms with Gasteiger partial charge in [-0.2, -0.15) is 12.7 Å². The number of likely N-dealkylation sites (N-methyl/N-ethyl adjacent to an activating group) is 1. The van der Waals surface area contributed by atoms with Gasteiger partial charge in [0.2, 0.25) is 0 Å². The van der Waals surface area contributed by atoms with Crippen molar-refractivity contribution in [1.82, 2.24) is 14.3 Å². The first kappa shape index (κ1) is 11.9.